The minimum atomic E-state index is -5.39. The zero-order valence-corrected chi connectivity index (χ0v) is 26.3. The highest BCUT2D eigenvalue weighted by Gasteiger charge is 2.43. The van der Waals surface area contributed by atoms with Crippen LogP contribution in [0.2, 0.25) is 0 Å². The second-order valence-corrected chi connectivity index (χ2v) is 11.3. The van der Waals surface area contributed by atoms with Gasteiger partial charge in [0.25, 0.3) is 5.91 Å². The maximum Gasteiger partial charge on any atom is 0.491 e. The van der Waals surface area contributed by atoms with Crippen LogP contribution >= 0.6 is 0 Å². The van der Waals surface area contributed by atoms with Crippen LogP contribution in [0.5, 0.6) is 5.75 Å². The van der Waals surface area contributed by atoms with Crippen LogP contribution in [0.1, 0.15) is 52.4 Å². The van der Waals surface area contributed by atoms with E-state index in [-0.39, 0.29) is 12.1 Å². The molecule has 0 bridgehead atoms. The summed E-state index contributed by atoms with van der Waals surface area (Å²) >= 11 is 0. The van der Waals surface area contributed by atoms with Crippen LogP contribution < -0.4 is 15.4 Å². The van der Waals surface area contributed by atoms with Gasteiger partial charge in [-0.25, -0.2) is 9.78 Å². The van der Waals surface area contributed by atoms with Gasteiger partial charge in [-0.3, -0.25) is 14.4 Å². The molecule has 5 rings (SSSR count). The van der Waals surface area contributed by atoms with Crippen LogP contribution in [0.4, 0.5) is 24.7 Å². The molecule has 1 unspecified atom stereocenters. The number of nitrogens with two attached hydrogens (primary N) is 1. The normalized spacial score (nSPS) is 13.8. The first-order chi connectivity index (χ1) is 23.5. The molecule has 4 aromatic rings. The molecule has 0 saturated heterocycles. The highest BCUT2D eigenvalue weighted by Crippen LogP contribution is 2.34. The molecular weight excluding hydrogens is 641 g/mol. The average Bonchev–Trinajstić information content (AvgIpc) is 3.18. The Balaban J connectivity index is 1.43. The molecule has 0 radical (unpaired) electrons. The molecule has 0 saturated carbocycles. The Morgan fingerprint density at radius 2 is 1.61 bits per heavy atom. The van der Waals surface area contributed by atoms with Crippen LogP contribution in [-0.4, -0.2) is 53.0 Å². The first-order valence-corrected chi connectivity index (χ1v) is 15.5. The van der Waals surface area contributed by atoms with Crippen LogP contribution in [0, 0.1) is 0 Å². The SMILES string of the molecule is Nc1ncccc1OCCCCc1ccc2c(c1)C(=O)N(C(CC(=O)OC(=O)C(F)(F)F)c1ccccc1)CC(=O)N2Cc1ccccc1. The van der Waals surface area contributed by atoms with Gasteiger partial charge in [-0.1, -0.05) is 66.7 Å². The first-order valence-electron chi connectivity index (χ1n) is 15.5. The monoisotopic (exact) mass is 674 g/mol. The zero-order chi connectivity index (χ0) is 35.0. The molecule has 0 aliphatic carbocycles. The molecule has 1 aliphatic rings. The molecule has 1 atom stereocenters. The molecule has 2 amide bonds. The smallest absolute Gasteiger partial charge is 0.490 e. The summed E-state index contributed by atoms with van der Waals surface area (Å²) in [6.07, 6.45) is -2.71. The number of esters is 2. The Morgan fingerprint density at radius 3 is 2.31 bits per heavy atom. The number of aryl methyl sites for hydroxylation is 1. The van der Waals surface area contributed by atoms with Gasteiger partial charge in [-0.2, -0.15) is 13.2 Å². The van der Waals surface area contributed by atoms with E-state index >= 15 is 0 Å². The summed E-state index contributed by atoms with van der Waals surface area (Å²) in [5.41, 5.74) is 8.33. The minimum Gasteiger partial charge on any atom is -0.490 e. The number of rotatable bonds is 12. The van der Waals surface area contributed by atoms with E-state index < -0.39 is 48.9 Å². The summed E-state index contributed by atoms with van der Waals surface area (Å²) in [4.78, 5) is 59.1. The fraction of sp³-hybridized carbons (Fsp3) is 0.250. The lowest BCUT2D eigenvalue weighted by atomic mass is 9.99. The van der Waals surface area contributed by atoms with Crippen LogP contribution in [0.15, 0.2) is 97.2 Å². The number of carbonyl (C=O) groups excluding carboxylic acids is 4. The quantitative estimate of drug-likeness (QED) is 0.113. The van der Waals surface area contributed by atoms with E-state index in [4.69, 9.17) is 10.5 Å². The summed E-state index contributed by atoms with van der Waals surface area (Å²) in [6.45, 7) is 0.0310. The zero-order valence-electron chi connectivity index (χ0n) is 26.3. The lowest BCUT2D eigenvalue weighted by Crippen LogP contribution is -2.42. The van der Waals surface area contributed by atoms with Crippen LogP contribution in [0.25, 0.3) is 0 Å². The maximum atomic E-state index is 14.4. The van der Waals surface area contributed by atoms with Gasteiger partial charge >= 0.3 is 18.1 Å². The second kappa shape index (κ2) is 15.5. The number of anilines is 2. The van der Waals surface area contributed by atoms with Crippen molar-refractivity contribution in [3.8, 4) is 5.75 Å². The summed E-state index contributed by atoms with van der Waals surface area (Å²) in [7, 11) is 0. The van der Waals surface area contributed by atoms with Crippen molar-refractivity contribution in [2.75, 3.05) is 23.8 Å². The highest BCUT2D eigenvalue weighted by molar-refractivity contribution is 6.10. The Labute approximate surface area is 280 Å². The van der Waals surface area contributed by atoms with Gasteiger partial charge in [0.15, 0.2) is 11.6 Å². The maximum absolute atomic E-state index is 14.4. The molecule has 0 spiro atoms. The van der Waals surface area contributed by atoms with E-state index in [1.165, 1.54) is 4.90 Å². The van der Waals surface area contributed by atoms with Crippen molar-refractivity contribution < 1.29 is 41.8 Å². The number of amides is 2. The number of nitrogens with zero attached hydrogens (tertiary/aromatic N) is 3. The average molecular weight is 675 g/mol. The predicted molar refractivity (Wildman–Crippen MR) is 173 cm³/mol. The van der Waals surface area contributed by atoms with Gasteiger partial charge in [-0.05, 0) is 60.2 Å². The third-order valence-electron chi connectivity index (χ3n) is 7.91. The van der Waals surface area contributed by atoms with E-state index in [0.29, 0.717) is 48.7 Å². The van der Waals surface area contributed by atoms with Gasteiger partial charge < -0.3 is 25.0 Å². The summed E-state index contributed by atoms with van der Waals surface area (Å²) < 4.78 is 48.5. The number of ether oxygens (including phenoxy) is 2. The molecule has 1 aliphatic heterocycles. The van der Waals surface area contributed by atoms with Crippen molar-refractivity contribution in [3.05, 3.63) is 119 Å². The fourth-order valence-electron chi connectivity index (χ4n) is 5.51. The fourth-order valence-corrected chi connectivity index (χ4v) is 5.51. The number of hydrogen-bond donors (Lipinski definition) is 1. The van der Waals surface area contributed by atoms with E-state index in [1.807, 2.05) is 36.4 Å². The number of carbonyl (C=O) groups is 4. The predicted octanol–water partition coefficient (Wildman–Crippen LogP) is 5.82. The van der Waals surface area contributed by atoms with Gasteiger partial charge in [0, 0.05) is 6.20 Å². The van der Waals surface area contributed by atoms with Crippen molar-refractivity contribution in [2.45, 2.75) is 44.4 Å². The number of fused-ring (bicyclic) bond motifs is 1. The number of alkyl halides is 3. The topological polar surface area (TPSA) is 132 Å². The van der Waals surface area contributed by atoms with Gasteiger partial charge in [0.2, 0.25) is 5.91 Å². The molecule has 1 aromatic heterocycles. The Morgan fingerprint density at radius 1 is 0.898 bits per heavy atom. The van der Waals surface area contributed by atoms with Gasteiger partial charge in [0.05, 0.1) is 36.9 Å². The Hall–Kier alpha value is -5.72. The first kappa shape index (κ1) is 34.6. The number of hydrogen-bond acceptors (Lipinski definition) is 8. The third-order valence-corrected chi connectivity index (χ3v) is 7.91. The molecule has 10 nitrogen and oxygen atoms in total. The van der Waals surface area contributed by atoms with Crippen LogP contribution in [0.3, 0.4) is 0 Å². The van der Waals surface area contributed by atoms with E-state index in [2.05, 4.69) is 9.72 Å². The lowest BCUT2D eigenvalue weighted by Gasteiger charge is -2.30. The number of halogens is 3. The van der Waals surface area contributed by atoms with Crippen molar-refractivity contribution in [1.29, 1.82) is 0 Å². The largest absolute Gasteiger partial charge is 0.491 e. The molecule has 2 heterocycles. The second-order valence-electron chi connectivity index (χ2n) is 11.3. The number of unbranched alkanes of at least 4 members (excludes halogenated alkanes) is 1. The van der Waals surface area contributed by atoms with Crippen molar-refractivity contribution in [2.24, 2.45) is 0 Å². The third kappa shape index (κ3) is 8.80. The Kier molecular flexibility index (Phi) is 10.9. The minimum absolute atomic E-state index is 0.139. The molecule has 13 heteroatoms. The van der Waals surface area contributed by atoms with Crippen molar-refractivity contribution >= 4 is 35.3 Å². The number of benzene rings is 3. The van der Waals surface area contributed by atoms with Crippen molar-refractivity contribution in [3.63, 3.8) is 0 Å². The van der Waals surface area contributed by atoms with E-state index in [1.54, 1.807) is 60.8 Å². The van der Waals surface area contributed by atoms with Crippen LogP contribution in [-0.2, 0) is 32.1 Å². The summed E-state index contributed by atoms with van der Waals surface area (Å²) in [5, 5.41) is 0. The molecule has 0 fully saturated rings. The van der Waals surface area contributed by atoms with Gasteiger partial charge in [-0.15, -0.1) is 0 Å². The van der Waals surface area contributed by atoms with E-state index in [9.17, 15) is 32.3 Å². The molecule has 254 valence electrons. The van der Waals surface area contributed by atoms with E-state index in [0.717, 1.165) is 16.0 Å². The standard InChI is InChI=1S/C36H33F3N4O6/c37-36(38,39)35(47)49-32(45)21-29(26-13-5-2-6-14-26)43-23-31(44)42(22-25-11-3-1-4-12-25)28-17-16-24(20-27(28)34(43)46)10-7-8-19-48-30-15-9-18-41-33(30)40/h1-6,9,11-18,20,29H,7-8,10,19,21-23H2,(H2,40,41). The highest BCUT2D eigenvalue weighted by atomic mass is 19.4. The lowest BCUT2D eigenvalue weighted by molar-refractivity contribution is -0.202. The van der Waals surface area contributed by atoms with Crippen molar-refractivity contribution in [1.82, 2.24) is 9.88 Å². The summed E-state index contributed by atoms with van der Waals surface area (Å²) in [6, 6.07) is 24.7. The molecular formula is C36H33F3N4O6. The molecule has 49 heavy (non-hydrogen) atoms. The number of nitrogen functional groups attached to an aromatic ring is 1. The molecule has 2 N–H and O–H groups in total. The summed E-state index contributed by atoms with van der Waals surface area (Å²) in [5.74, 6) is -4.47. The Bertz CT molecular complexity index is 1800. The molecule has 3 aromatic carbocycles. The number of aromatic nitrogens is 1. The van der Waals surface area contributed by atoms with Gasteiger partial charge in [0.1, 0.15) is 6.54 Å². The number of pyridine rings is 1.